The minimum absolute atomic E-state index is 0.0909. The van der Waals surface area contributed by atoms with Crippen molar-refractivity contribution in [2.45, 2.75) is 33.6 Å². The fourth-order valence-corrected chi connectivity index (χ4v) is 5.01. The molecule has 0 saturated carbocycles. The number of allylic oxidation sites excluding steroid dienone is 1. The number of anilines is 2. The third-order valence-corrected chi connectivity index (χ3v) is 6.76. The van der Waals surface area contributed by atoms with Gasteiger partial charge in [0, 0.05) is 12.0 Å². The van der Waals surface area contributed by atoms with E-state index in [9.17, 15) is 19.2 Å². The van der Waals surface area contributed by atoms with Gasteiger partial charge >= 0.3 is 0 Å². The Kier molecular flexibility index (Phi) is 4.89. The van der Waals surface area contributed by atoms with Crippen LogP contribution in [0.1, 0.15) is 30.9 Å². The maximum absolute atomic E-state index is 13.3. The van der Waals surface area contributed by atoms with Crippen LogP contribution in [0, 0.1) is 25.7 Å². The van der Waals surface area contributed by atoms with Crippen LogP contribution in [0.4, 0.5) is 11.4 Å². The van der Waals surface area contributed by atoms with Crippen LogP contribution < -0.4 is 9.80 Å². The van der Waals surface area contributed by atoms with E-state index in [1.165, 1.54) is 9.80 Å². The zero-order valence-electron chi connectivity index (χ0n) is 18.8. The average molecular weight is 440 g/mol. The molecule has 33 heavy (non-hydrogen) atoms. The highest BCUT2D eigenvalue weighted by molar-refractivity contribution is 6.34. The molecular formula is C27H24N2O4. The number of imide groups is 2. The molecule has 3 aliphatic rings. The van der Waals surface area contributed by atoms with E-state index in [1.54, 1.807) is 31.2 Å². The van der Waals surface area contributed by atoms with Crippen LogP contribution in [0.15, 0.2) is 71.3 Å². The molecule has 0 spiro atoms. The number of aryl methyl sites for hydroxylation is 2. The Morgan fingerprint density at radius 3 is 1.82 bits per heavy atom. The van der Waals surface area contributed by atoms with Crippen molar-refractivity contribution in [3.8, 4) is 0 Å². The van der Waals surface area contributed by atoms with Crippen molar-refractivity contribution >= 4 is 35.0 Å². The van der Waals surface area contributed by atoms with E-state index in [4.69, 9.17) is 0 Å². The first-order valence-electron chi connectivity index (χ1n) is 11.1. The second kappa shape index (κ2) is 7.66. The van der Waals surface area contributed by atoms with Crippen molar-refractivity contribution < 1.29 is 19.2 Å². The first-order chi connectivity index (χ1) is 15.8. The molecule has 0 unspecified atom stereocenters. The topological polar surface area (TPSA) is 74.8 Å². The number of carbonyl (C=O) groups is 4. The quantitative estimate of drug-likeness (QED) is 0.676. The largest absolute Gasteiger partial charge is 0.274 e. The lowest BCUT2D eigenvalue weighted by Crippen LogP contribution is -2.33. The molecule has 1 fully saturated rings. The van der Waals surface area contributed by atoms with Gasteiger partial charge in [-0.05, 0) is 62.9 Å². The number of nitrogens with zero attached hydrogens (tertiary/aromatic N) is 2. The van der Waals surface area contributed by atoms with E-state index >= 15 is 0 Å². The van der Waals surface area contributed by atoms with E-state index in [-0.39, 0.29) is 42.4 Å². The molecule has 166 valence electrons. The zero-order chi connectivity index (χ0) is 23.4. The van der Waals surface area contributed by atoms with Crippen LogP contribution in [0.2, 0.25) is 0 Å². The first-order valence-corrected chi connectivity index (χ1v) is 11.1. The third-order valence-electron chi connectivity index (χ3n) is 6.76. The summed E-state index contributed by atoms with van der Waals surface area (Å²) in [5, 5.41) is 0. The van der Waals surface area contributed by atoms with E-state index in [0.29, 0.717) is 28.1 Å². The lowest BCUT2D eigenvalue weighted by atomic mass is 9.78. The average Bonchev–Trinajstić information content (AvgIpc) is 3.22. The summed E-state index contributed by atoms with van der Waals surface area (Å²) < 4.78 is 0. The van der Waals surface area contributed by atoms with Crippen molar-refractivity contribution in [2.75, 3.05) is 9.80 Å². The van der Waals surface area contributed by atoms with Gasteiger partial charge in [-0.2, -0.15) is 0 Å². The Bertz CT molecular complexity index is 1270. The molecule has 0 aromatic heterocycles. The number of carbonyl (C=O) groups excluding carboxylic acids is 4. The Hall–Kier alpha value is -3.80. The second-order valence-electron chi connectivity index (χ2n) is 9.07. The first kappa shape index (κ1) is 21.1. The molecule has 6 heteroatoms. The van der Waals surface area contributed by atoms with Crippen molar-refractivity contribution in [2.24, 2.45) is 11.8 Å². The number of benzene rings is 2. The molecule has 6 nitrogen and oxygen atoms in total. The van der Waals surface area contributed by atoms with Crippen LogP contribution in [0.3, 0.4) is 0 Å². The molecule has 2 heterocycles. The minimum Gasteiger partial charge on any atom is -0.274 e. The molecule has 2 aliphatic heterocycles. The zero-order valence-corrected chi connectivity index (χ0v) is 18.8. The summed E-state index contributed by atoms with van der Waals surface area (Å²) in [6, 6.07) is 14.5. The summed E-state index contributed by atoms with van der Waals surface area (Å²) in [5.74, 6) is -2.04. The number of amides is 4. The predicted molar refractivity (Wildman–Crippen MR) is 124 cm³/mol. The molecule has 0 bridgehead atoms. The van der Waals surface area contributed by atoms with Gasteiger partial charge in [0.2, 0.25) is 11.8 Å². The van der Waals surface area contributed by atoms with Gasteiger partial charge in [0.15, 0.2) is 0 Å². The van der Waals surface area contributed by atoms with Gasteiger partial charge in [-0.15, -0.1) is 0 Å². The van der Waals surface area contributed by atoms with Gasteiger partial charge in [-0.25, -0.2) is 4.90 Å². The van der Waals surface area contributed by atoms with Crippen LogP contribution in [-0.4, -0.2) is 23.6 Å². The van der Waals surface area contributed by atoms with Crippen molar-refractivity contribution in [1.29, 1.82) is 0 Å². The lowest BCUT2D eigenvalue weighted by Gasteiger charge is -2.24. The van der Waals surface area contributed by atoms with Gasteiger partial charge in [0.1, 0.15) is 0 Å². The fraction of sp³-hybridized carbons (Fsp3) is 0.259. The van der Waals surface area contributed by atoms with Crippen LogP contribution in [0.25, 0.3) is 0 Å². The van der Waals surface area contributed by atoms with Crippen LogP contribution >= 0.6 is 0 Å². The van der Waals surface area contributed by atoms with Gasteiger partial charge in [-0.1, -0.05) is 41.5 Å². The van der Waals surface area contributed by atoms with E-state index < -0.39 is 5.92 Å². The molecule has 2 aromatic carbocycles. The SMILES string of the molecule is CC1=C[C@@H]([C@@H]2CC(=O)N(c3ccc(C)cc3)C2=O)CC2=C1C(=O)N(c1ccc(C)cc1)C2=O. The number of hydrogen-bond donors (Lipinski definition) is 0. The smallest absolute Gasteiger partial charge is 0.266 e. The molecule has 0 N–H and O–H groups in total. The highest BCUT2D eigenvalue weighted by atomic mass is 16.2. The van der Waals surface area contributed by atoms with Gasteiger partial charge in [0.25, 0.3) is 11.8 Å². The molecule has 0 radical (unpaired) electrons. The highest BCUT2D eigenvalue weighted by Gasteiger charge is 2.48. The molecule has 2 aromatic rings. The molecule has 4 amide bonds. The number of hydrogen-bond acceptors (Lipinski definition) is 4. The van der Waals surface area contributed by atoms with Gasteiger partial charge < -0.3 is 0 Å². The van der Waals surface area contributed by atoms with Gasteiger partial charge in [-0.3, -0.25) is 24.1 Å². The van der Waals surface area contributed by atoms with Crippen LogP contribution in [0.5, 0.6) is 0 Å². The number of rotatable bonds is 3. The maximum Gasteiger partial charge on any atom is 0.266 e. The van der Waals surface area contributed by atoms with Crippen molar-refractivity contribution in [3.05, 3.63) is 82.5 Å². The summed E-state index contributed by atoms with van der Waals surface area (Å²) in [5.41, 5.74) is 4.71. The standard InChI is InChI=1S/C27H24N2O4/c1-15-4-8-19(9-5-15)28-23(30)14-21(25(28)31)18-12-17(3)24-22(13-18)26(32)29(27(24)33)20-10-6-16(2)7-11-20/h4-12,18,21H,13-14H2,1-3H3/t18-,21+/m1/s1. The second-order valence-corrected chi connectivity index (χ2v) is 9.07. The summed E-state index contributed by atoms with van der Waals surface area (Å²) in [7, 11) is 0. The fourth-order valence-electron chi connectivity index (χ4n) is 5.01. The summed E-state index contributed by atoms with van der Waals surface area (Å²) >= 11 is 0. The summed E-state index contributed by atoms with van der Waals surface area (Å²) in [6.07, 6.45) is 2.25. The highest BCUT2D eigenvalue weighted by Crippen LogP contribution is 2.43. The Morgan fingerprint density at radius 1 is 0.697 bits per heavy atom. The lowest BCUT2D eigenvalue weighted by molar-refractivity contribution is -0.123. The predicted octanol–water partition coefficient (Wildman–Crippen LogP) is 4.02. The van der Waals surface area contributed by atoms with Crippen molar-refractivity contribution in [3.63, 3.8) is 0 Å². The Labute approximate surface area is 192 Å². The molecule has 2 atom stereocenters. The molecular weight excluding hydrogens is 416 g/mol. The molecule has 1 saturated heterocycles. The maximum atomic E-state index is 13.3. The van der Waals surface area contributed by atoms with E-state index in [0.717, 1.165) is 11.1 Å². The Morgan fingerprint density at radius 2 is 1.24 bits per heavy atom. The Balaban J connectivity index is 1.42. The van der Waals surface area contributed by atoms with Crippen molar-refractivity contribution in [1.82, 2.24) is 0 Å². The molecule has 1 aliphatic carbocycles. The molecule has 5 rings (SSSR count). The minimum atomic E-state index is -0.556. The summed E-state index contributed by atoms with van der Waals surface area (Å²) in [6.45, 7) is 5.68. The van der Waals surface area contributed by atoms with E-state index in [1.807, 2.05) is 44.2 Å². The normalized spacial score (nSPS) is 22.9. The van der Waals surface area contributed by atoms with Gasteiger partial charge in [0.05, 0.1) is 22.9 Å². The third kappa shape index (κ3) is 3.33. The van der Waals surface area contributed by atoms with E-state index in [2.05, 4.69) is 0 Å². The monoisotopic (exact) mass is 440 g/mol. The summed E-state index contributed by atoms with van der Waals surface area (Å²) in [4.78, 5) is 54.9. The van der Waals surface area contributed by atoms with Crippen LogP contribution in [-0.2, 0) is 19.2 Å².